The molecule has 0 aliphatic carbocycles. The predicted molar refractivity (Wildman–Crippen MR) is 124 cm³/mol. The number of sulfone groups is 1. The average molecular weight is 475 g/mol. The van der Waals surface area contributed by atoms with E-state index >= 15 is 0 Å². The largest absolute Gasteiger partial charge is 0.491 e. The van der Waals surface area contributed by atoms with E-state index in [4.69, 9.17) is 9.84 Å². The molecule has 1 aliphatic rings. The van der Waals surface area contributed by atoms with Crippen molar-refractivity contribution >= 4 is 26.8 Å². The molecule has 4 rings (SSSR count). The van der Waals surface area contributed by atoms with Crippen LogP contribution in [0.3, 0.4) is 0 Å². The number of amides is 1. The fraction of sp³-hybridized carbons (Fsp3) is 0.435. The van der Waals surface area contributed by atoms with Crippen molar-refractivity contribution in [2.45, 2.75) is 45.4 Å². The molecular formula is C23H27FN4O4S. The van der Waals surface area contributed by atoms with E-state index < -0.39 is 21.5 Å². The smallest absolute Gasteiger partial charge is 0.253 e. The Labute approximate surface area is 192 Å². The van der Waals surface area contributed by atoms with Gasteiger partial charge in [0.15, 0.2) is 9.84 Å². The maximum Gasteiger partial charge on any atom is 0.253 e. The van der Waals surface area contributed by atoms with Gasteiger partial charge in [-0.05, 0) is 45.9 Å². The highest BCUT2D eigenvalue weighted by Crippen LogP contribution is 2.31. The first-order valence-corrected chi connectivity index (χ1v) is 12.6. The van der Waals surface area contributed by atoms with Crippen molar-refractivity contribution in [1.82, 2.24) is 20.1 Å². The van der Waals surface area contributed by atoms with E-state index in [0.29, 0.717) is 28.0 Å². The molecule has 1 fully saturated rings. The van der Waals surface area contributed by atoms with E-state index in [0.717, 1.165) is 5.56 Å². The van der Waals surface area contributed by atoms with Crippen molar-refractivity contribution in [3.63, 3.8) is 0 Å². The molecule has 0 spiro atoms. The molecule has 3 aromatic rings. The van der Waals surface area contributed by atoms with E-state index in [1.807, 2.05) is 26.0 Å². The second-order valence-electron chi connectivity index (χ2n) is 9.15. The van der Waals surface area contributed by atoms with Crippen molar-refractivity contribution in [3.8, 4) is 17.0 Å². The fourth-order valence-electron chi connectivity index (χ4n) is 4.02. The molecule has 2 aromatic heterocycles. The number of fused-ring (bicyclic) bond motifs is 1. The number of hydrogen-bond acceptors (Lipinski definition) is 6. The summed E-state index contributed by atoms with van der Waals surface area (Å²) in [5.74, 6) is 0.00370. The van der Waals surface area contributed by atoms with Crippen LogP contribution in [-0.4, -0.2) is 58.9 Å². The van der Waals surface area contributed by atoms with Gasteiger partial charge in [-0.15, -0.1) is 0 Å². The van der Waals surface area contributed by atoms with Crippen LogP contribution in [-0.2, 0) is 9.84 Å². The molecule has 3 heterocycles. The fourth-order valence-corrected chi connectivity index (χ4v) is 6.02. The van der Waals surface area contributed by atoms with Crippen LogP contribution in [0.2, 0.25) is 0 Å². The van der Waals surface area contributed by atoms with Gasteiger partial charge in [0.2, 0.25) is 0 Å². The quantitative estimate of drug-likeness (QED) is 0.563. The van der Waals surface area contributed by atoms with E-state index in [-0.39, 0.29) is 30.1 Å². The van der Waals surface area contributed by atoms with Crippen LogP contribution in [0.1, 0.15) is 44.1 Å². The first-order chi connectivity index (χ1) is 15.5. The average Bonchev–Trinajstić information content (AvgIpc) is 3.10. The van der Waals surface area contributed by atoms with Gasteiger partial charge in [-0.25, -0.2) is 12.8 Å². The normalized spacial score (nSPS) is 17.5. The molecule has 1 atom stereocenters. The zero-order chi connectivity index (χ0) is 24.0. The second-order valence-corrected chi connectivity index (χ2v) is 11.2. The van der Waals surface area contributed by atoms with Crippen molar-refractivity contribution < 1.29 is 22.3 Å². The Bertz CT molecular complexity index is 1310. The lowest BCUT2D eigenvalue weighted by atomic mass is 10.1. The number of carbonyl (C=O) groups excluding carboxylic acids is 1. The Kier molecular flexibility index (Phi) is 5.90. The Morgan fingerprint density at radius 2 is 2.00 bits per heavy atom. The number of nitrogens with zero attached hydrogens (tertiary/aromatic N) is 3. The molecule has 176 valence electrons. The highest BCUT2D eigenvalue weighted by Gasteiger charge is 2.45. The minimum atomic E-state index is -3.08. The van der Waals surface area contributed by atoms with Crippen LogP contribution in [0.15, 0.2) is 36.5 Å². The first kappa shape index (κ1) is 23.2. The highest BCUT2D eigenvalue weighted by atomic mass is 32.2. The van der Waals surface area contributed by atoms with Gasteiger partial charge in [0.25, 0.3) is 5.91 Å². The van der Waals surface area contributed by atoms with Crippen molar-refractivity contribution in [1.29, 1.82) is 0 Å². The summed E-state index contributed by atoms with van der Waals surface area (Å²) in [5, 5.41) is 7.54. The van der Waals surface area contributed by atoms with E-state index in [2.05, 4.69) is 10.3 Å². The summed E-state index contributed by atoms with van der Waals surface area (Å²) in [4.78, 5) is 17.3. The molecule has 8 nitrogen and oxygen atoms in total. The third-order valence-corrected chi connectivity index (χ3v) is 7.53. The minimum absolute atomic E-state index is 0.00229. The number of nitrogens with one attached hydrogen (secondary N) is 1. The number of alkyl halides is 1. The molecule has 33 heavy (non-hydrogen) atoms. The summed E-state index contributed by atoms with van der Waals surface area (Å²) in [6.45, 7) is 7.06. The predicted octanol–water partition coefficient (Wildman–Crippen LogP) is 3.33. The maximum atomic E-state index is 13.2. The number of ether oxygens (including phenoxy) is 1. The van der Waals surface area contributed by atoms with Crippen LogP contribution in [0, 0.1) is 0 Å². The van der Waals surface area contributed by atoms with E-state index in [9.17, 15) is 17.6 Å². The summed E-state index contributed by atoms with van der Waals surface area (Å²) in [7, 11) is -3.08. The molecule has 1 amide bonds. The number of rotatable bonds is 7. The van der Waals surface area contributed by atoms with Crippen molar-refractivity contribution in [2.75, 3.05) is 18.1 Å². The Hall–Kier alpha value is -3.01. The molecule has 1 aliphatic heterocycles. The standard InChI is InChI=1S/C23H27FN4O4S/c1-14(2)28-19-9-17(22(29)26-23(4)12-33(30,31)13-23)10-25-21(19)20(27-28)16-6-5-7-18(8-16)32-11-15(3)24/h5-10,14-15H,11-13H2,1-4H3,(H,26,29). The highest BCUT2D eigenvalue weighted by molar-refractivity contribution is 7.93. The van der Waals surface area contributed by atoms with Crippen LogP contribution in [0.25, 0.3) is 22.3 Å². The Morgan fingerprint density at radius 1 is 1.27 bits per heavy atom. The van der Waals surface area contributed by atoms with Crippen molar-refractivity contribution in [2.24, 2.45) is 0 Å². The molecular weight excluding hydrogens is 447 g/mol. The van der Waals surface area contributed by atoms with Gasteiger partial charge in [0.1, 0.15) is 29.7 Å². The molecule has 1 aromatic carbocycles. The summed E-state index contributed by atoms with van der Waals surface area (Å²) in [6, 6.07) is 8.94. The molecule has 10 heteroatoms. The topological polar surface area (TPSA) is 103 Å². The number of hydrogen-bond donors (Lipinski definition) is 1. The third-order valence-electron chi connectivity index (χ3n) is 5.38. The van der Waals surface area contributed by atoms with Gasteiger partial charge in [0, 0.05) is 17.8 Å². The molecule has 1 N–H and O–H groups in total. The zero-order valence-corrected chi connectivity index (χ0v) is 19.8. The molecule has 1 unspecified atom stereocenters. The molecule has 0 radical (unpaired) electrons. The van der Waals surface area contributed by atoms with Gasteiger partial charge in [-0.3, -0.25) is 14.5 Å². The lowest BCUT2D eigenvalue weighted by Crippen LogP contribution is -2.63. The van der Waals surface area contributed by atoms with Crippen molar-refractivity contribution in [3.05, 3.63) is 42.1 Å². The van der Waals surface area contributed by atoms with Gasteiger partial charge in [0.05, 0.1) is 28.1 Å². The van der Waals surface area contributed by atoms with Crippen LogP contribution < -0.4 is 10.1 Å². The Balaban J connectivity index is 1.68. The van der Waals surface area contributed by atoms with Crippen LogP contribution in [0.4, 0.5) is 4.39 Å². The maximum absolute atomic E-state index is 13.2. The summed E-state index contributed by atoms with van der Waals surface area (Å²) < 4.78 is 43.6. The van der Waals surface area contributed by atoms with Crippen LogP contribution in [0.5, 0.6) is 5.75 Å². The summed E-state index contributed by atoms with van der Waals surface area (Å²) in [6.07, 6.45) is 0.387. The molecule has 0 bridgehead atoms. The zero-order valence-electron chi connectivity index (χ0n) is 19.0. The lowest BCUT2D eigenvalue weighted by molar-refractivity contribution is 0.0916. The number of halogens is 1. The summed E-state index contributed by atoms with van der Waals surface area (Å²) in [5.41, 5.74) is 2.25. The first-order valence-electron chi connectivity index (χ1n) is 10.7. The number of benzene rings is 1. The van der Waals surface area contributed by atoms with Gasteiger partial charge in [-0.1, -0.05) is 12.1 Å². The Morgan fingerprint density at radius 3 is 2.64 bits per heavy atom. The lowest BCUT2D eigenvalue weighted by Gasteiger charge is -2.38. The number of aromatic nitrogens is 3. The number of carbonyl (C=O) groups is 1. The third kappa shape index (κ3) is 4.85. The van der Waals surface area contributed by atoms with E-state index in [1.165, 1.54) is 13.1 Å². The van der Waals surface area contributed by atoms with Gasteiger partial charge in [-0.2, -0.15) is 5.10 Å². The van der Waals surface area contributed by atoms with E-state index in [1.54, 1.807) is 29.8 Å². The van der Waals surface area contributed by atoms with Crippen LogP contribution >= 0.6 is 0 Å². The minimum Gasteiger partial charge on any atom is -0.491 e. The second kappa shape index (κ2) is 8.40. The van der Waals surface area contributed by atoms with Gasteiger partial charge >= 0.3 is 0 Å². The SMILES string of the molecule is CC(F)COc1cccc(-c2nn(C(C)C)c3cc(C(=O)NC4(C)CS(=O)(=O)C4)cnc23)c1. The number of pyridine rings is 1. The monoisotopic (exact) mass is 474 g/mol. The molecule has 0 saturated carbocycles. The van der Waals surface area contributed by atoms with Gasteiger partial charge < -0.3 is 10.1 Å². The molecule has 1 saturated heterocycles. The summed E-state index contributed by atoms with van der Waals surface area (Å²) >= 11 is 0.